The van der Waals surface area contributed by atoms with Gasteiger partial charge in [-0.05, 0) is 29.8 Å². The van der Waals surface area contributed by atoms with Crippen molar-refractivity contribution in [3.05, 3.63) is 58.4 Å². The van der Waals surface area contributed by atoms with Crippen LogP contribution in [0.4, 0.5) is 9.39 Å². The first-order valence-corrected chi connectivity index (χ1v) is 9.21. The van der Waals surface area contributed by atoms with E-state index in [1.807, 2.05) is 0 Å². The first-order chi connectivity index (χ1) is 12.8. The Morgan fingerprint density at radius 1 is 1.22 bits per heavy atom. The molecule has 8 heteroatoms. The van der Waals surface area contributed by atoms with E-state index in [2.05, 4.69) is 5.32 Å². The van der Waals surface area contributed by atoms with E-state index in [9.17, 15) is 19.1 Å². The Labute approximate surface area is 164 Å². The lowest BCUT2D eigenvalue weighted by Crippen LogP contribution is -2.29. The second kappa shape index (κ2) is 7.54. The molecule has 2 aromatic carbocycles. The minimum atomic E-state index is -0.372. The molecule has 0 aliphatic carbocycles. The number of rotatable bonds is 4. The van der Waals surface area contributed by atoms with E-state index < -0.39 is 0 Å². The van der Waals surface area contributed by atoms with E-state index in [0.29, 0.717) is 26.2 Å². The quantitative estimate of drug-likeness (QED) is 0.678. The summed E-state index contributed by atoms with van der Waals surface area (Å²) in [6, 6.07) is 8.79. The number of fused-ring (bicyclic) bond motifs is 1. The fourth-order valence-corrected chi connectivity index (χ4v) is 4.29. The van der Waals surface area contributed by atoms with E-state index in [1.165, 1.54) is 37.1 Å². The van der Waals surface area contributed by atoms with Gasteiger partial charge in [0.25, 0.3) is 5.91 Å². The number of phenolic OH excluding ortho intramolecular Hbond substituents is 1. The Morgan fingerprint density at radius 2 is 1.89 bits per heavy atom. The Balaban J connectivity index is 2.19. The predicted molar refractivity (Wildman–Crippen MR) is 105 cm³/mol. The Hall–Kier alpha value is -2.64. The van der Waals surface area contributed by atoms with E-state index in [4.69, 9.17) is 11.6 Å². The topological polar surface area (TPSA) is 69.6 Å². The van der Waals surface area contributed by atoms with Crippen LogP contribution in [0.15, 0.2) is 36.4 Å². The summed E-state index contributed by atoms with van der Waals surface area (Å²) in [7, 11) is 1.50. The minimum Gasteiger partial charge on any atom is -0.506 e. The standard InChI is InChI=1S/C19H16ClFN2O3S/c1-10(24)23(9-11-3-5-12(21)6-4-11)19-15(18(26)22-2)13-7-8-14(25)16(20)17(13)27-19/h3-8,25H,9H2,1-2H3,(H,22,26). The van der Waals surface area contributed by atoms with Gasteiger partial charge in [-0.1, -0.05) is 23.7 Å². The van der Waals surface area contributed by atoms with Crippen LogP contribution in [-0.4, -0.2) is 24.0 Å². The molecule has 3 rings (SSSR count). The number of phenols is 1. The fraction of sp³-hybridized carbons (Fsp3) is 0.158. The molecule has 0 fully saturated rings. The molecule has 0 atom stereocenters. The van der Waals surface area contributed by atoms with Gasteiger partial charge in [0.1, 0.15) is 21.6 Å². The van der Waals surface area contributed by atoms with Gasteiger partial charge < -0.3 is 10.4 Å². The zero-order valence-electron chi connectivity index (χ0n) is 14.5. The Kier molecular flexibility index (Phi) is 5.34. The average Bonchev–Trinajstić information content (AvgIpc) is 3.03. The maximum Gasteiger partial charge on any atom is 0.254 e. The Bertz CT molecular complexity index is 1030. The van der Waals surface area contributed by atoms with Crippen LogP contribution in [0.1, 0.15) is 22.8 Å². The van der Waals surface area contributed by atoms with Gasteiger partial charge in [-0.2, -0.15) is 0 Å². The lowest BCUT2D eigenvalue weighted by atomic mass is 10.1. The molecule has 27 heavy (non-hydrogen) atoms. The van der Waals surface area contributed by atoms with Crippen LogP contribution in [0.2, 0.25) is 5.02 Å². The third kappa shape index (κ3) is 3.61. The number of hydrogen-bond donors (Lipinski definition) is 2. The molecule has 0 unspecified atom stereocenters. The van der Waals surface area contributed by atoms with Crippen molar-refractivity contribution >= 4 is 49.8 Å². The van der Waals surface area contributed by atoms with Gasteiger partial charge in [-0.25, -0.2) is 4.39 Å². The van der Waals surface area contributed by atoms with Crippen molar-refractivity contribution in [3.8, 4) is 5.75 Å². The molecular formula is C19H16ClFN2O3S. The molecule has 0 spiro atoms. The summed E-state index contributed by atoms with van der Waals surface area (Å²) in [4.78, 5) is 26.3. The summed E-state index contributed by atoms with van der Waals surface area (Å²) in [5.74, 6) is -1.13. The van der Waals surface area contributed by atoms with Gasteiger partial charge in [-0.15, -0.1) is 11.3 Å². The SMILES string of the molecule is CNC(=O)c1c(N(Cc2ccc(F)cc2)C(C)=O)sc2c(Cl)c(O)ccc12. The number of benzene rings is 2. The van der Waals surface area contributed by atoms with Crippen molar-refractivity contribution in [2.75, 3.05) is 11.9 Å². The third-order valence-electron chi connectivity index (χ3n) is 4.09. The second-order valence-electron chi connectivity index (χ2n) is 5.87. The maximum atomic E-state index is 13.2. The summed E-state index contributed by atoms with van der Waals surface area (Å²) < 4.78 is 13.7. The highest BCUT2D eigenvalue weighted by Crippen LogP contribution is 2.44. The molecule has 1 heterocycles. The minimum absolute atomic E-state index is 0.103. The van der Waals surface area contributed by atoms with Crippen LogP contribution in [0.25, 0.3) is 10.1 Å². The van der Waals surface area contributed by atoms with Crippen LogP contribution in [-0.2, 0) is 11.3 Å². The van der Waals surface area contributed by atoms with Gasteiger partial charge >= 0.3 is 0 Å². The zero-order chi connectivity index (χ0) is 19.7. The number of carbonyl (C=O) groups is 2. The van der Waals surface area contributed by atoms with Gasteiger partial charge in [0.2, 0.25) is 5.91 Å². The molecule has 2 amide bonds. The molecule has 2 N–H and O–H groups in total. The highest BCUT2D eigenvalue weighted by Gasteiger charge is 2.26. The van der Waals surface area contributed by atoms with Crippen LogP contribution >= 0.6 is 22.9 Å². The van der Waals surface area contributed by atoms with Crippen LogP contribution < -0.4 is 10.2 Å². The normalized spacial score (nSPS) is 10.8. The Morgan fingerprint density at radius 3 is 2.48 bits per heavy atom. The summed E-state index contributed by atoms with van der Waals surface area (Å²) in [5, 5.41) is 13.5. The molecule has 0 saturated heterocycles. The molecule has 0 radical (unpaired) electrons. The zero-order valence-corrected chi connectivity index (χ0v) is 16.1. The average molecular weight is 407 g/mol. The van der Waals surface area contributed by atoms with Crippen molar-refractivity contribution in [3.63, 3.8) is 0 Å². The number of carbonyl (C=O) groups excluding carboxylic acids is 2. The summed E-state index contributed by atoms with van der Waals surface area (Å²) in [6.45, 7) is 1.55. The number of nitrogens with one attached hydrogen (secondary N) is 1. The summed E-state index contributed by atoms with van der Waals surface area (Å²) in [6.07, 6.45) is 0. The molecule has 0 aliphatic heterocycles. The first kappa shape index (κ1) is 19.1. The number of hydrogen-bond acceptors (Lipinski definition) is 4. The van der Waals surface area contributed by atoms with Crippen molar-refractivity contribution in [1.29, 1.82) is 0 Å². The van der Waals surface area contributed by atoms with E-state index in [1.54, 1.807) is 18.2 Å². The van der Waals surface area contributed by atoms with E-state index in [-0.39, 0.29) is 34.9 Å². The van der Waals surface area contributed by atoms with E-state index in [0.717, 1.165) is 11.3 Å². The molecule has 1 aromatic heterocycles. The monoisotopic (exact) mass is 406 g/mol. The highest BCUT2D eigenvalue weighted by molar-refractivity contribution is 7.24. The fourth-order valence-electron chi connectivity index (χ4n) is 2.74. The second-order valence-corrected chi connectivity index (χ2v) is 7.25. The highest BCUT2D eigenvalue weighted by atomic mass is 35.5. The van der Waals surface area contributed by atoms with Crippen molar-refractivity contribution in [2.45, 2.75) is 13.5 Å². The van der Waals surface area contributed by atoms with Crippen LogP contribution in [0.3, 0.4) is 0 Å². The van der Waals surface area contributed by atoms with Crippen molar-refractivity contribution < 1.29 is 19.1 Å². The molecule has 0 saturated carbocycles. The first-order valence-electron chi connectivity index (χ1n) is 8.02. The van der Waals surface area contributed by atoms with Crippen molar-refractivity contribution in [1.82, 2.24) is 5.32 Å². The number of nitrogens with zero attached hydrogens (tertiary/aromatic N) is 1. The summed E-state index contributed by atoms with van der Waals surface area (Å²) >= 11 is 7.35. The summed E-state index contributed by atoms with van der Waals surface area (Å²) in [5.41, 5.74) is 1.01. The molecule has 3 aromatic rings. The smallest absolute Gasteiger partial charge is 0.254 e. The van der Waals surface area contributed by atoms with Gasteiger partial charge in [-0.3, -0.25) is 14.5 Å². The maximum absolute atomic E-state index is 13.2. The molecule has 0 aliphatic rings. The van der Waals surface area contributed by atoms with Crippen molar-refractivity contribution in [2.24, 2.45) is 0 Å². The number of aromatic hydroxyl groups is 1. The predicted octanol–water partition coefficient (Wildman–Crippen LogP) is 4.31. The van der Waals surface area contributed by atoms with E-state index >= 15 is 0 Å². The molecule has 5 nitrogen and oxygen atoms in total. The van der Waals surface area contributed by atoms with Gasteiger partial charge in [0.15, 0.2) is 0 Å². The lowest BCUT2D eigenvalue weighted by molar-refractivity contribution is -0.116. The molecular weight excluding hydrogens is 391 g/mol. The van der Waals surface area contributed by atoms with Crippen LogP contribution in [0.5, 0.6) is 5.75 Å². The van der Waals surface area contributed by atoms with Gasteiger partial charge in [0, 0.05) is 19.4 Å². The van der Waals surface area contributed by atoms with Gasteiger partial charge in [0.05, 0.1) is 16.8 Å². The molecule has 140 valence electrons. The molecule has 0 bridgehead atoms. The number of thiophene rings is 1. The number of anilines is 1. The number of halogens is 2. The largest absolute Gasteiger partial charge is 0.506 e. The number of amides is 2. The van der Waals surface area contributed by atoms with Crippen LogP contribution in [0, 0.1) is 5.82 Å². The lowest BCUT2D eigenvalue weighted by Gasteiger charge is -2.21. The third-order valence-corrected chi connectivity index (χ3v) is 5.83.